The van der Waals surface area contributed by atoms with E-state index in [1.807, 2.05) is 0 Å². The summed E-state index contributed by atoms with van der Waals surface area (Å²) in [6, 6.07) is 12.7. The predicted molar refractivity (Wildman–Crippen MR) is 142 cm³/mol. The average molecular weight is 491 g/mol. The summed E-state index contributed by atoms with van der Waals surface area (Å²) in [5.41, 5.74) is 3.05. The maximum atomic E-state index is 14.4. The van der Waals surface area contributed by atoms with Crippen molar-refractivity contribution in [1.29, 1.82) is 0 Å². The normalized spacial score (nSPS) is 19.2. The summed E-state index contributed by atoms with van der Waals surface area (Å²) in [6.45, 7) is 3.77. The topological polar surface area (TPSA) is 57.5 Å². The van der Waals surface area contributed by atoms with Gasteiger partial charge in [0.1, 0.15) is 0 Å². The van der Waals surface area contributed by atoms with E-state index in [4.69, 9.17) is 4.98 Å². The van der Waals surface area contributed by atoms with Crippen LogP contribution in [-0.4, -0.2) is 65.8 Å². The van der Waals surface area contributed by atoms with Crippen molar-refractivity contribution < 1.29 is 4.39 Å². The molecule has 190 valence electrons. The zero-order valence-electron chi connectivity index (χ0n) is 21.4. The second-order valence-corrected chi connectivity index (χ2v) is 10.3. The third-order valence-electron chi connectivity index (χ3n) is 7.79. The molecule has 1 aromatic carbocycles. The second kappa shape index (κ2) is 10.4. The standard InChI is InChI=1S/C28H35FN6O/c1-32(2)22-11-15-34(16-12-22)23-8-6-20(7-9-23)21-5-4-14-35(19-21)28-31-26(17-27(36)33(28)3)24-10-13-30-18-25(24)29/h6-10,13,17-18,21-22H,4-5,11-12,14-16,19H2,1-3H3. The van der Waals surface area contributed by atoms with Crippen LogP contribution in [0.1, 0.15) is 37.2 Å². The molecule has 0 N–H and O–H groups in total. The molecule has 2 aromatic heterocycles. The van der Waals surface area contributed by atoms with Gasteiger partial charge in [0.15, 0.2) is 5.82 Å². The molecule has 1 unspecified atom stereocenters. The van der Waals surface area contributed by atoms with Crippen LogP contribution in [-0.2, 0) is 7.05 Å². The smallest absolute Gasteiger partial charge is 0.255 e. The molecule has 0 bridgehead atoms. The molecule has 3 aromatic rings. The van der Waals surface area contributed by atoms with E-state index in [0.29, 0.717) is 29.2 Å². The highest BCUT2D eigenvalue weighted by Gasteiger charge is 2.26. The van der Waals surface area contributed by atoms with E-state index < -0.39 is 5.82 Å². The van der Waals surface area contributed by atoms with Crippen LogP contribution in [0.15, 0.2) is 53.6 Å². The number of hydrogen-bond donors (Lipinski definition) is 0. The Hall–Kier alpha value is -3.26. The molecular weight excluding hydrogens is 455 g/mol. The molecule has 4 heterocycles. The Morgan fingerprint density at radius 2 is 1.75 bits per heavy atom. The van der Waals surface area contributed by atoms with E-state index in [1.54, 1.807) is 17.7 Å². The first kappa shape index (κ1) is 24.4. The van der Waals surface area contributed by atoms with Gasteiger partial charge in [0.25, 0.3) is 5.56 Å². The summed E-state index contributed by atoms with van der Waals surface area (Å²) in [5.74, 6) is 0.455. The number of piperidine rings is 2. The molecule has 2 aliphatic rings. The summed E-state index contributed by atoms with van der Waals surface area (Å²) in [6.07, 6.45) is 7.16. The minimum Gasteiger partial charge on any atom is -0.371 e. The van der Waals surface area contributed by atoms with Gasteiger partial charge in [-0.05, 0) is 63.5 Å². The number of nitrogens with zero attached hydrogens (tertiary/aromatic N) is 6. The van der Waals surface area contributed by atoms with E-state index in [0.717, 1.165) is 45.2 Å². The van der Waals surface area contributed by atoms with Crippen molar-refractivity contribution >= 4 is 11.6 Å². The predicted octanol–water partition coefficient (Wildman–Crippen LogP) is 3.90. The number of aromatic nitrogens is 3. The van der Waals surface area contributed by atoms with Gasteiger partial charge in [-0.3, -0.25) is 14.3 Å². The van der Waals surface area contributed by atoms with Crippen LogP contribution in [0.2, 0.25) is 0 Å². The van der Waals surface area contributed by atoms with Crippen LogP contribution in [0, 0.1) is 5.82 Å². The van der Waals surface area contributed by atoms with Crippen LogP contribution in [0.25, 0.3) is 11.3 Å². The summed E-state index contributed by atoms with van der Waals surface area (Å²) >= 11 is 0. The zero-order chi connectivity index (χ0) is 25.2. The van der Waals surface area contributed by atoms with Gasteiger partial charge in [0, 0.05) is 68.7 Å². The van der Waals surface area contributed by atoms with Gasteiger partial charge < -0.3 is 14.7 Å². The van der Waals surface area contributed by atoms with Crippen LogP contribution in [0.5, 0.6) is 0 Å². The van der Waals surface area contributed by atoms with Crippen molar-refractivity contribution in [2.45, 2.75) is 37.6 Å². The molecule has 0 amide bonds. The summed E-state index contributed by atoms with van der Waals surface area (Å²) in [5, 5.41) is 0. The molecular formula is C28H35FN6O. The lowest BCUT2D eigenvalue weighted by Crippen LogP contribution is -2.42. The van der Waals surface area contributed by atoms with E-state index >= 15 is 0 Å². The Morgan fingerprint density at radius 1 is 1.00 bits per heavy atom. The fraction of sp³-hybridized carbons (Fsp3) is 0.464. The maximum Gasteiger partial charge on any atom is 0.255 e. The molecule has 0 spiro atoms. The van der Waals surface area contributed by atoms with Crippen LogP contribution in [0.3, 0.4) is 0 Å². The largest absolute Gasteiger partial charge is 0.371 e. The zero-order valence-corrected chi connectivity index (χ0v) is 21.4. The fourth-order valence-electron chi connectivity index (χ4n) is 5.56. The highest BCUT2D eigenvalue weighted by Crippen LogP contribution is 2.31. The van der Waals surface area contributed by atoms with Crippen LogP contribution in [0.4, 0.5) is 16.0 Å². The Morgan fingerprint density at radius 3 is 2.44 bits per heavy atom. The summed E-state index contributed by atoms with van der Waals surface area (Å²) < 4.78 is 15.9. The van der Waals surface area contributed by atoms with Crippen molar-refractivity contribution in [1.82, 2.24) is 19.4 Å². The van der Waals surface area contributed by atoms with E-state index in [1.165, 1.54) is 36.4 Å². The average Bonchev–Trinajstić information content (AvgIpc) is 2.91. The van der Waals surface area contributed by atoms with Crippen molar-refractivity contribution in [3.05, 3.63) is 70.5 Å². The van der Waals surface area contributed by atoms with Gasteiger partial charge in [-0.25, -0.2) is 9.37 Å². The van der Waals surface area contributed by atoms with Gasteiger partial charge in [-0.2, -0.15) is 0 Å². The van der Waals surface area contributed by atoms with Crippen LogP contribution < -0.4 is 15.4 Å². The molecule has 1 atom stereocenters. The molecule has 0 saturated carbocycles. The second-order valence-electron chi connectivity index (χ2n) is 10.3. The molecule has 2 saturated heterocycles. The van der Waals surface area contributed by atoms with E-state index in [2.05, 4.69) is 58.0 Å². The maximum absolute atomic E-state index is 14.4. The van der Waals surface area contributed by atoms with Crippen molar-refractivity contribution in [2.24, 2.45) is 7.05 Å². The van der Waals surface area contributed by atoms with Crippen molar-refractivity contribution in [3.8, 4) is 11.3 Å². The number of halogens is 1. The number of pyridine rings is 1. The van der Waals surface area contributed by atoms with Crippen molar-refractivity contribution in [3.63, 3.8) is 0 Å². The number of benzene rings is 1. The highest BCUT2D eigenvalue weighted by atomic mass is 19.1. The first-order valence-electron chi connectivity index (χ1n) is 12.8. The third kappa shape index (κ3) is 5.00. The summed E-state index contributed by atoms with van der Waals surface area (Å²) in [4.78, 5) is 28.3. The van der Waals surface area contributed by atoms with E-state index in [-0.39, 0.29) is 5.56 Å². The van der Waals surface area contributed by atoms with Gasteiger partial charge in [-0.15, -0.1) is 0 Å². The lowest BCUT2D eigenvalue weighted by atomic mass is 9.90. The van der Waals surface area contributed by atoms with Gasteiger partial charge >= 0.3 is 0 Å². The first-order valence-corrected chi connectivity index (χ1v) is 12.8. The van der Waals surface area contributed by atoms with Gasteiger partial charge in [-0.1, -0.05) is 12.1 Å². The lowest BCUT2D eigenvalue weighted by molar-refractivity contribution is 0.249. The quantitative estimate of drug-likeness (QED) is 0.541. The lowest BCUT2D eigenvalue weighted by Gasteiger charge is -2.37. The van der Waals surface area contributed by atoms with Gasteiger partial charge in [0.2, 0.25) is 5.95 Å². The number of hydrogen-bond acceptors (Lipinski definition) is 6. The Kier molecular flexibility index (Phi) is 7.05. The highest BCUT2D eigenvalue weighted by molar-refractivity contribution is 5.60. The minimum atomic E-state index is -0.480. The van der Waals surface area contributed by atoms with Gasteiger partial charge in [0.05, 0.1) is 11.9 Å². The molecule has 0 aliphatic carbocycles. The number of anilines is 2. The minimum absolute atomic E-state index is 0.198. The Bertz CT molecular complexity index is 1250. The molecule has 8 heteroatoms. The van der Waals surface area contributed by atoms with E-state index in [9.17, 15) is 9.18 Å². The fourth-order valence-corrected chi connectivity index (χ4v) is 5.56. The number of rotatable bonds is 5. The molecule has 2 fully saturated rings. The third-order valence-corrected chi connectivity index (χ3v) is 7.79. The Labute approximate surface area is 212 Å². The molecule has 7 nitrogen and oxygen atoms in total. The summed E-state index contributed by atoms with van der Waals surface area (Å²) in [7, 11) is 6.07. The molecule has 2 aliphatic heterocycles. The monoisotopic (exact) mass is 490 g/mol. The van der Waals surface area contributed by atoms with Crippen molar-refractivity contribution in [2.75, 3.05) is 50.1 Å². The van der Waals surface area contributed by atoms with Crippen LogP contribution >= 0.6 is 0 Å². The molecule has 36 heavy (non-hydrogen) atoms. The SMILES string of the molecule is CN(C)C1CCN(c2ccc(C3CCCN(c4nc(-c5ccncc5F)cc(=O)n4C)C3)cc2)CC1. The molecule has 0 radical (unpaired) electrons. The molecule has 5 rings (SSSR count). The first-order chi connectivity index (χ1) is 17.4. The Balaban J connectivity index is 1.32.